The van der Waals surface area contributed by atoms with Gasteiger partial charge >= 0.3 is 0 Å². The molecule has 1 aliphatic heterocycles. The molecular formula is C16H16N2O4. The Kier molecular flexibility index (Phi) is 3.93. The molecule has 0 spiro atoms. The molecule has 0 saturated carbocycles. The Bertz CT molecular complexity index is 702. The number of hydrogen-bond acceptors (Lipinski definition) is 5. The zero-order valence-corrected chi connectivity index (χ0v) is 12.2. The molecule has 3 rings (SSSR count). The van der Waals surface area contributed by atoms with Crippen molar-refractivity contribution in [3.63, 3.8) is 0 Å². The second-order valence-corrected chi connectivity index (χ2v) is 5.29. The maximum atomic E-state index is 10.8. The van der Waals surface area contributed by atoms with Crippen molar-refractivity contribution < 1.29 is 14.4 Å². The molecule has 0 aromatic heterocycles. The van der Waals surface area contributed by atoms with Crippen LogP contribution in [0.25, 0.3) is 0 Å². The minimum Gasteiger partial charge on any atom is -0.454 e. The largest absolute Gasteiger partial charge is 0.454 e. The summed E-state index contributed by atoms with van der Waals surface area (Å²) in [4.78, 5) is 12.5. The van der Waals surface area contributed by atoms with Gasteiger partial charge in [0.2, 0.25) is 6.79 Å². The number of nitro groups is 1. The highest BCUT2D eigenvalue weighted by atomic mass is 16.7. The van der Waals surface area contributed by atoms with E-state index in [4.69, 9.17) is 9.47 Å². The lowest BCUT2D eigenvalue weighted by molar-refractivity contribution is -0.384. The molecule has 0 unspecified atom stereocenters. The number of benzene rings is 2. The Hall–Kier alpha value is -2.60. The van der Waals surface area contributed by atoms with E-state index < -0.39 is 0 Å². The van der Waals surface area contributed by atoms with Crippen molar-refractivity contribution >= 4 is 5.69 Å². The summed E-state index contributed by atoms with van der Waals surface area (Å²) in [6.45, 7) is 1.62. The quantitative estimate of drug-likeness (QED) is 0.627. The third-order valence-electron chi connectivity index (χ3n) is 3.46. The molecule has 0 bridgehead atoms. The molecule has 2 aromatic carbocycles. The van der Waals surface area contributed by atoms with Crippen LogP contribution in [0.2, 0.25) is 0 Å². The first-order chi connectivity index (χ1) is 10.6. The van der Waals surface area contributed by atoms with Crippen LogP contribution in [0.1, 0.15) is 11.1 Å². The predicted molar refractivity (Wildman–Crippen MR) is 80.8 cm³/mol. The van der Waals surface area contributed by atoms with Gasteiger partial charge in [0.05, 0.1) is 4.92 Å². The van der Waals surface area contributed by atoms with Crippen molar-refractivity contribution in [2.75, 3.05) is 13.8 Å². The number of nitrogens with zero attached hydrogens (tertiary/aromatic N) is 2. The fourth-order valence-electron chi connectivity index (χ4n) is 2.49. The van der Waals surface area contributed by atoms with Crippen molar-refractivity contribution in [1.82, 2.24) is 4.90 Å². The highest BCUT2D eigenvalue weighted by Gasteiger charge is 2.14. The van der Waals surface area contributed by atoms with E-state index in [0.717, 1.165) is 29.2 Å². The lowest BCUT2D eigenvalue weighted by Crippen LogP contribution is -2.17. The summed E-state index contributed by atoms with van der Waals surface area (Å²) in [6, 6.07) is 12.6. The summed E-state index contributed by atoms with van der Waals surface area (Å²) >= 11 is 0. The second kappa shape index (κ2) is 6.03. The van der Waals surface area contributed by atoms with Gasteiger partial charge in [-0.1, -0.05) is 18.2 Å². The third-order valence-corrected chi connectivity index (χ3v) is 3.46. The third kappa shape index (κ3) is 3.17. The Morgan fingerprint density at radius 1 is 1.09 bits per heavy atom. The van der Waals surface area contributed by atoms with E-state index in [1.54, 1.807) is 12.1 Å². The Labute approximate surface area is 128 Å². The first kappa shape index (κ1) is 14.3. The fourth-order valence-corrected chi connectivity index (χ4v) is 2.49. The lowest BCUT2D eigenvalue weighted by atomic mass is 10.1. The average molecular weight is 300 g/mol. The molecular weight excluding hydrogens is 284 g/mol. The minimum atomic E-state index is -0.374. The molecule has 0 N–H and O–H groups in total. The summed E-state index contributed by atoms with van der Waals surface area (Å²) in [5.41, 5.74) is 2.14. The number of hydrogen-bond donors (Lipinski definition) is 0. The Morgan fingerprint density at radius 2 is 1.82 bits per heavy atom. The van der Waals surface area contributed by atoms with Gasteiger partial charge in [-0.25, -0.2) is 0 Å². The van der Waals surface area contributed by atoms with E-state index in [9.17, 15) is 10.1 Å². The molecule has 1 aliphatic rings. The van der Waals surface area contributed by atoms with Gasteiger partial charge in [0.25, 0.3) is 5.69 Å². The van der Waals surface area contributed by atoms with Crippen molar-refractivity contribution in [3.8, 4) is 11.5 Å². The standard InChI is InChI=1S/C16H16N2O4/c1-17(9-12-3-2-4-14(7-12)18(19)20)10-13-5-6-15-16(8-13)22-11-21-15/h2-8H,9-11H2,1H3. The first-order valence-electron chi connectivity index (χ1n) is 6.92. The molecule has 114 valence electrons. The van der Waals surface area contributed by atoms with Crippen molar-refractivity contribution in [2.24, 2.45) is 0 Å². The van der Waals surface area contributed by atoms with Crippen molar-refractivity contribution in [2.45, 2.75) is 13.1 Å². The predicted octanol–water partition coefficient (Wildman–Crippen LogP) is 2.96. The van der Waals surface area contributed by atoms with Gasteiger partial charge in [-0.15, -0.1) is 0 Å². The number of ether oxygens (including phenoxy) is 2. The molecule has 6 heteroatoms. The van der Waals surface area contributed by atoms with Gasteiger partial charge in [-0.2, -0.15) is 0 Å². The monoisotopic (exact) mass is 300 g/mol. The van der Waals surface area contributed by atoms with Gasteiger partial charge in [0.1, 0.15) is 0 Å². The van der Waals surface area contributed by atoms with E-state index in [1.807, 2.05) is 31.3 Å². The zero-order chi connectivity index (χ0) is 15.5. The zero-order valence-electron chi connectivity index (χ0n) is 12.2. The number of fused-ring (bicyclic) bond motifs is 1. The summed E-state index contributed by atoms with van der Waals surface area (Å²) < 4.78 is 10.7. The molecule has 2 aromatic rings. The Morgan fingerprint density at radius 3 is 2.59 bits per heavy atom. The number of non-ortho nitro benzene ring substituents is 1. The van der Waals surface area contributed by atoms with Crippen molar-refractivity contribution in [1.29, 1.82) is 0 Å². The van der Waals surface area contributed by atoms with Gasteiger partial charge in [0.15, 0.2) is 11.5 Å². The summed E-state index contributed by atoms with van der Waals surface area (Å²) in [7, 11) is 1.98. The van der Waals surface area contributed by atoms with E-state index in [1.165, 1.54) is 6.07 Å². The smallest absolute Gasteiger partial charge is 0.269 e. The fraction of sp³-hybridized carbons (Fsp3) is 0.250. The summed E-state index contributed by atoms with van der Waals surface area (Å²) in [5, 5.41) is 10.8. The highest BCUT2D eigenvalue weighted by molar-refractivity contribution is 5.44. The molecule has 6 nitrogen and oxygen atoms in total. The normalized spacial score (nSPS) is 12.6. The van der Waals surface area contributed by atoms with Gasteiger partial charge in [0, 0.05) is 25.2 Å². The van der Waals surface area contributed by atoms with Crippen LogP contribution in [0.4, 0.5) is 5.69 Å². The first-order valence-corrected chi connectivity index (χ1v) is 6.92. The molecule has 0 fully saturated rings. The van der Waals surface area contributed by atoms with Crippen LogP contribution >= 0.6 is 0 Å². The second-order valence-electron chi connectivity index (χ2n) is 5.29. The van der Waals surface area contributed by atoms with Crippen LogP contribution in [0.3, 0.4) is 0 Å². The summed E-state index contributed by atoms with van der Waals surface area (Å²) in [6.07, 6.45) is 0. The van der Waals surface area contributed by atoms with Crippen LogP contribution < -0.4 is 9.47 Å². The lowest BCUT2D eigenvalue weighted by Gasteiger charge is -2.17. The van der Waals surface area contributed by atoms with E-state index in [2.05, 4.69) is 4.90 Å². The van der Waals surface area contributed by atoms with Crippen LogP contribution in [-0.2, 0) is 13.1 Å². The molecule has 0 atom stereocenters. The topological polar surface area (TPSA) is 64.8 Å². The SMILES string of the molecule is CN(Cc1cccc([N+](=O)[O-])c1)Cc1ccc2c(c1)OCO2. The molecule has 0 radical (unpaired) electrons. The van der Waals surface area contributed by atoms with Crippen LogP contribution in [0.15, 0.2) is 42.5 Å². The molecule has 0 saturated heterocycles. The molecule has 1 heterocycles. The van der Waals surface area contributed by atoms with E-state index in [-0.39, 0.29) is 17.4 Å². The summed E-state index contributed by atoms with van der Waals surface area (Å²) in [5.74, 6) is 1.53. The number of nitro benzene ring substituents is 1. The van der Waals surface area contributed by atoms with Gasteiger partial charge in [-0.3, -0.25) is 15.0 Å². The van der Waals surface area contributed by atoms with E-state index >= 15 is 0 Å². The minimum absolute atomic E-state index is 0.119. The molecule has 0 aliphatic carbocycles. The van der Waals surface area contributed by atoms with Crippen molar-refractivity contribution in [3.05, 3.63) is 63.7 Å². The molecule has 22 heavy (non-hydrogen) atoms. The van der Waals surface area contributed by atoms with Gasteiger partial charge < -0.3 is 9.47 Å². The maximum absolute atomic E-state index is 10.8. The average Bonchev–Trinajstić information content (AvgIpc) is 2.95. The Balaban J connectivity index is 1.66. The van der Waals surface area contributed by atoms with Crippen LogP contribution in [-0.4, -0.2) is 23.7 Å². The van der Waals surface area contributed by atoms with Gasteiger partial charge in [-0.05, 0) is 30.3 Å². The van der Waals surface area contributed by atoms with E-state index in [0.29, 0.717) is 6.54 Å². The van der Waals surface area contributed by atoms with Crippen LogP contribution in [0, 0.1) is 10.1 Å². The maximum Gasteiger partial charge on any atom is 0.269 e. The van der Waals surface area contributed by atoms with Crippen LogP contribution in [0.5, 0.6) is 11.5 Å². The number of rotatable bonds is 5. The highest BCUT2D eigenvalue weighted by Crippen LogP contribution is 2.32. The molecule has 0 amide bonds.